The lowest BCUT2D eigenvalue weighted by atomic mass is 10.4. The van der Waals surface area contributed by atoms with Crippen LogP contribution in [-0.2, 0) is 10.9 Å². The largest absolute Gasteiger partial charge is 0.413 e. The minimum Gasteiger partial charge on any atom is -0.210 e. The van der Waals surface area contributed by atoms with Crippen molar-refractivity contribution < 1.29 is 13.2 Å². The molecule has 1 aromatic heterocycles. The van der Waals surface area contributed by atoms with Crippen molar-refractivity contribution in [1.82, 2.24) is 4.98 Å². The average Bonchev–Trinajstić information content (AvgIpc) is 2.40. The van der Waals surface area contributed by atoms with E-state index in [4.69, 9.17) is 0 Å². The predicted octanol–water partition coefficient (Wildman–Crippen LogP) is 4.19. The number of allylic oxidation sites excluding steroid dienone is 1. The Labute approximate surface area is 112 Å². The molecule has 1 unspecified atom stereocenters. The molecular formula is C14H11F3NS+. The number of alkyl halides is 3. The maximum Gasteiger partial charge on any atom is 0.413 e. The first-order valence-corrected chi connectivity index (χ1v) is 6.80. The van der Waals surface area contributed by atoms with Gasteiger partial charge in [-0.2, -0.15) is 13.2 Å². The summed E-state index contributed by atoms with van der Waals surface area (Å²) < 4.78 is 37.0. The summed E-state index contributed by atoms with van der Waals surface area (Å²) in [6.07, 6.45) is -2.45. The van der Waals surface area contributed by atoms with Gasteiger partial charge in [0, 0.05) is 12.3 Å². The topological polar surface area (TPSA) is 12.9 Å². The molecule has 0 saturated heterocycles. The summed E-state index contributed by atoms with van der Waals surface area (Å²) in [5.74, 6) is 0. The van der Waals surface area contributed by atoms with E-state index in [1.54, 1.807) is 48.7 Å². The number of benzene rings is 1. The van der Waals surface area contributed by atoms with Crippen molar-refractivity contribution in [2.24, 2.45) is 0 Å². The molecule has 98 valence electrons. The summed E-state index contributed by atoms with van der Waals surface area (Å²) in [5.41, 5.74) is 0. The van der Waals surface area contributed by atoms with Gasteiger partial charge in [-0.3, -0.25) is 0 Å². The van der Waals surface area contributed by atoms with Gasteiger partial charge in [0.05, 0.1) is 6.08 Å². The van der Waals surface area contributed by atoms with E-state index in [1.807, 2.05) is 6.07 Å². The molecule has 0 fully saturated rings. The van der Waals surface area contributed by atoms with E-state index in [0.717, 1.165) is 10.3 Å². The zero-order valence-electron chi connectivity index (χ0n) is 9.84. The minimum absolute atomic E-state index is 0.276. The summed E-state index contributed by atoms with van der Waals surface area (Å²) in [7, 11) is -0.809. The van der Waals surface area contributed by atoms with Gasteiger partial charge >= 0.3 is 6.18 Å². The van der Waals surface area contributed by atoms with E-state index in [-0.39, 0.29) is 6.08 Å². The van der Waals surface area contributed by atoms with Crippen molar-refractivity contribution in [2.45, 2.75) is 16.1 Å². The Hall–Kier alpha value is -1.75. The second-order valence-corrected chi connectivity index (χ2v) is 5.50. The summed E-state index contributed by atoms with van der Waals surface area (Å²) in [5, 5.41) is 1.78. The van der Waals surface area contributed by atoms with Crippen molar-refractivity contribution >= 4 is 10.9 Å². The second kappa shape index (κ2) is 5.93. The zero-order chi connectivity index (χ0) is 13.7. The lowest BCUT2D eigenvalue weighted by molar-refractivity contribution is -0.0796. The van der Waals surface area contributed by atoms with Gasteiger partial charge in [0.15, 0.2) is 4.90 Å². The first-order chi connectivity index (χ1) is 9.06. The number of pyridine rings is 1. The standard InChI is InChI=1S/C14H11F3NS/c15-14(16,17)9-11-19(12-6-2-1-3-7-12)13-8-4-5-10-18-13/h1-11H/q+1/b11-9+. The van der Waals surface area contributed by atoms with Crippen molar-refractivity contribution in [3.63, 3.8) is 0 Å². The highest BCUT2D eigenvalue weighted by molar-refractivity contribution is 7.99. The summed E-state index contributed by atoms with van der Waals surface area (Å²) in [4.78, 5) is 4.96. The number of nitrogens with zero attached hydrogens (tertiary/aromatic N) is 1. The van der Waals surface area contributed by atoms with Crippen LogP contribution >= 0.6 is 0 Å². The number of halogens is 3. The fourth-order valence-electron chi connectivity index (χ4n) is 1.46. The molecule has 0 aliphatic rings. The molecule has 1 atom stereocenters. The number of hydrogen-bond acceptors (Lipinski definition) is 1. The molecule has 1 aromatic carbocycles. The summed E-state index contributed by atoms with van der Waals surface area (Å²) in [6, 6.07) is 14.3. The SMILES string of the molecule is FC(F)(F)/C=C/[S+](c1ccccc1)c1ccccn1. The Morgan fingerprint density at radius 1 is 0.947 bits per heavy atom. The van der Waals surface area contributed by atoms with E-state index in [9.17, 15) is 13.2 Å². The Morgan fingerprint density at radius 3 is 2.21 bits per heavy atom. The zero-order valence-corrected chi connectivity index (χ0v) is 10.7. The highest BCUT2D eigenvalue weighted by Gasteiger charge is 2.29. The smallest absolute Gasteiger partial charge is 0.210 e. The van der Waals surface area contributed by atoms with Crippen LogP contribution in [0.5, 0.6) is 0 Å². The van der Waals surface area contributed by atoms with E-state index in [1.165, 1.54) is 0 Å². The van der Waals surface area contributed by atoms with E-state index < -0.39 is 17.1 Å². The van der Waals surface area contributed by atoms with Gasteiger partial charge < -0.3 is 0 Å². The fraction of sp³-hybridized carbons (Fsp3) is 0.0714. The molecule has 0 radical (unpaired) electrons. The van der Waals surface area contributed by atoms with Crippen LogP contribution in [0.15, 0.2) is 76.1 Å². The van der Waals surface area contributed by atoms with Gasteiger partial charge in [0.1, 0.15) is 16.3 Å². The molecule has 2 rings (SSSR count). The quantitative estimate of drug-likeness (QED) is 0.769. The molecule has 0 amide bonds. The molecular weight excluding hydrogens is 271 g/mol. The van der Waals surface area contributed by atoms with Crippen molar-refractivity contribution in [3.8, 4) is 0 Å². The minimum atomic E-state index is -4.31. The van der Waals surface area contributed by atoms with Crippen LogP contribution in [0.25, 0.3) is 0 Å². The van der Waals surface area contributed by atoms with Crippen LogP contribution in [0, 0.1) is 0 Å². The third-order valence-electron chi connectivity index (χ3n) is 2.25. The molecule has 19 heavy (non-hydrogen) atoms. The normalized spacial score (nSPS) is 13.6. The van der Waals surface area contributed by atoms with Gasteiger partial charge in [0.2, 0.25) is 0 Å². The average molecular weight is 282 g/mol. The summed E-state index contributed by atoms with van der Waals surface area (Å²) in [6.45, 7) is 0. The molecule has 0 bridgehead atoms. The van der Waals surface area contributed by atoms with Gasteiger partial charge in [0.25, 0.3) is 5.03 Å². The van der Waals surface area contributed by atoms with Crippen LogP contribution in [0.1, 0.15) is 0 Å². The van der Waals surface area contributed by atoms with Crippen LogP contribution in [0.2, 0.25) is 0 Å². The van der Waals surface area contributed by atoms with Crippen molar-refractivity contribution in [2.75, 3.05) is 0 Å². The third-order valence-corrected chi connectivity index (χ3v) is 4.13. The molecule has 0 saturated carbocycles. The van der Waals surface area contributed by atoms with Crippen molar-refractivity contribution in [1.29, 1.82) is 0 Å². The number of aromatic nitrogens is 1. The Bertz CT molecular complexity index is 498. The highest BCUT2D eigenvalue weighted by Crippen LogP contribution is 2.25. The van der Waals surface area contributed by atoms with Gasteiger partial charge in [-0.25, -0.2) is 4.98 Å². The molecule has 0 N–H and O–H groups in total. The molecule has 0 aliphatic carbocycles. The van der Waals surface area contributed by atoms with Crippen LogP contribution in [-0.4, -0.2) is 11.2 Å². The molecule has 5 heteroatoms. The first kappa shape index (κ1) is 13.7. The highest BCUT2D eigenvalue weighted by atomic mass is 32.2. The number of hydrogen-bond donors (Lipinski definition) is 0. The molecule has 2 aromatic rings. The first-order valence-electron chi connectivity index (χ1n) is 5.51. The second-order valence-electron chi connectivity index (χ2n) is 3.66. The lowest BCUT2D eigenvalue weighted by Crippen LogP contribution is -2.06. The summed E-state index contributed by atoms with van der Waals surface area (Å²) >= 11 is 0. The van der Waals surface area contributed by atoms with Gasteiger partial charge in [-0.15, -0.1) is 0 Å². The van der Waals surface area contributed by atoms with Crippen LogP contribution in [0.3, 0.4) is 0 Å². The van der Waals surface area contributed by atoms with E-state index >= 15 is 0 Å². The monoisotopic (exact) mass is 282 g/mol. The molecule has 0 spiro atoms. The van der Waals surface area contributed by atoms with Gasteiger partial charge in [-0.1, -0.05) is 24.3 Å². The van der Waals surface area contributed by atoms with Crippen LogP contribution < -0.4 is 0 Å². The Morgan fingerprint density at radius 2 is 1.63 bits per heavy atom. The van der Waals surface area contributed by atoms with Gasteiger partial charge in [-0.05, 0) is 18.2 Å². The van der Waals surface area contributed by atoms with Crippen molar-refractivity contribution in [3.05, 3.63) is 66.2 Å². The maximum atomic E-state index is 12.3. The third kappa shape index (κ3) is 4.13. The Balaban J connectivity index is 2.38. The number of rotatable bonds is 3. The maximum absolute atomic E-state index is 12.3. The molecule has 1 heterocycles. The van der Waals surface area contributed by atoms with Crippen LogP contribution in [0.4, 0.5) is 13.2 Å². The lowest BCUT2D eigenvalue weighted by Gasteiger charge is -2.02. The fourth-order valence-corrected chi connectivity index (χ4v) is 3.14. The predicted molar refractivity (Wildman–Crippen MR) is 69.8 cm³/mol. The van der Waals surface area contributed by atoms with E-state index in [0.29, 0.717) is 5.03 Å². The Kier molecular flexibility index (Phi) is 4.27. The van der Waals surface area contributed by atoms with E-state index in [2.05, 4.69) is 4.98 Å². The molecule has 0 aliphatic heterocycles. The molecule has 1 nitrogen and oxygen atoms in total.